The van der Waals surface area contributed by atoms with Gasteiger partial charge in [-0.1, -0.05) is 42.3 Å². The van der Waals surface area contributed by atoms with E-state index in [1.807, 2.05) is 19.1 Å². The first-order valence-corrected chi connectivity index (χ1v) is 8.54. The third-order valence-corrected chi connectivity index (χ3v) is 3.61. The number of hydrogen-bond donors (Lipinski definition) is 1. The molecule has 1 unspecified atom stereocenters. The summed E-state index contributed by atoms with van der Waals surface area (Å²) in [6.45, 7) is 4.15. The molecule has 0 radical (unpaired) electrons. The summed E-state index contributed by atoms with van der Waals surface area (Å²) in [5, 5.41) is 0.514. The van der Waals surface area contributed by atoms with Crippen molar-refractivity contribution in [1.82, 2.24) is 0 Å². The van der Waals surface area contributed by atoms with Crippen LogP contribution in [-0.4, -0.2) is 18.6 Å². The zero-order chi connectivity index (χ0) is 17.9. The lowest BCUT2D eigenvalue weighted by Gasteiger charge is -2.11. The van der Waals surface area contributed by atoms with E-state index in [1.54, 1.807) is 13.0 Å². The van der Waals surface area contributed by atoms with Crippen molar-refractivity contribution >= 4 is 17.6 Å². The number of nitrogens with two attached hydrogens (primary N) is 1. The van der Waals surface area contributed by atoms with Gasteiger partial charge in [-0.05, 0) is 49.9 Å². The van der Waals surface area contributed by atoms with Crippen molar-refractivity contribution in [3.05, 3.63) is 58.4 Å². The summed E-state index contributed by atoms with van der Waals surface area (Å²) in [6, 6.07) is 4.22. The minimum Gasteiger partial charge on any atom is -0.466 e. The highest BCUT2D eigenvalue weighted by Crippen LogP contribution is 2.17. The molecule has 0 aliphatic rings. The highest BCUT2D eigenvalue weighted by molar-refractivity contribution is 6.30. The zero-order valence-corrected chi connectivity index (χ0v) is 15.0. The molecule has 0 amide bonds. The second-order valence-electron chi connectivity index (χ2n) is 5.50. The molecule has 0 aliphatic heterocycles. The third-order valence-electron chi connectivity index (χ3n) is 3.38. The number of esters is 1. The molecule has 0 bridgehead atoms. The van der Waals surface area contributed by atoms with Gasteiger partial charge in [-0.25, -0.2) is 4.39 Å². The summed E-state index contributed by atoms with van der Waals surface area (Å²) >= 11 is 5.89. The van der Waals surface area contributed by atoms with Gasteiger partial charge >= 0.3 is 5.97 Å². The van der Waals surface area contributed by atoms with Crippen LogP contribution in [0.5, 0.6) is 0 Å². The van der Waals surface area contributed by atoms with E-state index in [4.69, 9.17) is 22.1 Å². The molecule has 24 heavy (non-hydrogen) atoms. The second-order valence-corrected chi connectivity index (χ2v) is 5.94. The third kappa shape index (κ3) is 7.75. The number of halogens is 2. The highest BCUT2D eigenvalue weighted by Gasteiger charge is 2.11. The first kappa shape index (κ1) is 20.4. The normalized spacial score (nSPS) is 13.3. The van der Waals surface area contributed by atoms with Crippen molar-refractivity contribution in [3.8, 4) is 0 Å². The van der Waals surface area contributed by atoms with E-state index in [1.165, 1.54) is 12.1 Å². The lowest BCUT2D eigenvalue weighted by Crippen LogP contribution is -2.25. The van der Waals surface area contributed by atoms with Gasteiger partial charge < -0.3 is 10.5 Å². The standard InChI is InChI=1S/C19H25ClFNO2/c1-3-6-14(11-17(22)13-19(23)24-4-2)7-5-8-15-12-16(20)9-10-18(15)21/h5-7,9-10,12,17H,3-4,8,11,13,22H2,1-2H3. The van der Waals surface area contributed by atoms with E-state index in [9.17, 15) is 9.18 Å². The largest absolute Gasteiger partial charge is 0.466 e. The van der Waals surface area contributed by atoms with Crippen molar-refractivity contribution in [3.63, 3.8) is 0 Å². The highest BCUT2D eigenvalue weighted by atomic mass is 35.5. The fourth-order valence-corrected chi connectivity index (χ4v) is 2.52. The number of rotatable bonds is 9. The fourth-order valence-electron chi connectivity index (χ4n) is 2.33. The van der Waals surface area contributed by atoms with Crippen LogP contribution < -0.4 is 5.73 Å². The molecular formula is C19H25ClFNO2. The summed E-state index contributed by atoms with van der Waals surface area (Å²) in [5.74, 6) is -0.560. The molecule has 0 aliphatic carbocycles. The molecule has 132 valence electrons. The van der Waals surface area contributed by atoms with Crippen molar-refractivity contribution in [2.75, 3.05) is 6.61 Å². The minimum absolute atomic E-state index is 0.186. The molecule has 1 rings (SSSR count). The molecule has 0 saturated carbocycles. The van der Waals surface area contributed by atoms with Gasteiger partial charge in [0.05, 0.1) is 13.0 Å². The number of carbonyl (C=O) groups is 1. The Morgan fingerprint density at radius 3 is 2.79 bits per heavy atom. The topological polar surface area (TPSA) is 52.3 Å². The van der Waals surface area contributed by atoms with Gasteiger partial charge in [0.2, 0.25) is 0 Å². The molecule has 1 aromatic rings. The number of allylic oxidation sites excluding steroid dienone is 3. The Balaban J connectivity index is 2.64. The first-order chi connectivity index (χ1) is 11.5. The van der Waals surface area contributed by atoms with Crippen molar-refractivity contribution in [2.45, 2.75) is 45.6 Å². The van der Waals surface area contributed by atoms with Gasteiger partial charge in [0.1, 0.15) is 5.82 Å². The molecule has 1 aromatic carbocycles. The molecule has 0 heterocycles. The molecular weight excluding hydrogens is 329 g/mol. The van der Waals surface area contributed by atoms with E-state index in [-0.39, 0.29) is 24.2 Å². The van der Waals surface area contributed by atoms with Crippen LogP contribution in [-0.2, 0) is 16.0 Å². The lowest BCUT2D eigenvalue weighted by molar-refractivity contribution is -0.143. The number of hydrogen-bond acceptors (Lipinski definition) is 3. The Labute approximate surface area is 148 Å². The van der Waals surface area contributed by atoms with E-state index in [2.05, 4.69) is 6.08 Å². The maximum absolute atomic E-state index is 13.7. The van der Waals surface area contributed by atoms with Gasteiger partial charge in [0.25, 0.3) is 0 Å². The summed E-state index contributed by atoms with van der Waals surface area (Å²) in [7, 11) is 0. The van der Waals surface area contributed by atoms with E-state index >= 15 is 0 Å². The van der Waals surface area contributed by atoms with E-state index in [0.717, 1.165) is 12.0 Å². The monoisotopic (exact) mass is 353 g/mol. The average molecular weight is 354 g/mol. The van der Waals surface area contributed by atoms with Crippen LogP contribution in [0.25, 0.3) is 0 Å². The van der Waals surface area contributed by atoms with Crippen LogP contribution in [0.2, 0.25) is 5.02 Å². The molecule has 0 saturated heterocycles. The first-order valence-electron chi connectivity index (χ1n) is 8.16. The van der Waals surface area contributed by atoms with Crippen LogP contribution in [0.1, 0.15) is 38.7 Å². The number of ether oxygens (including phenoxy) is 1. The average Bonchev–Trinajstić information content (AvgIpc) is 2.51. The quantitative estimate of drug-likeness (QED) is 0.522. The fraction of sp³-hybridized carbons (Fsp3) is 0.421. The maximum Gasteiger partial charge on any atom is 0.307 e. The molecule has 0 aromatic heterocycles. The van der Waals surface area contributed by atoms with Gasteiger partial charge in [-0.3, -0.25) is 4.79 Å². The van der Waals surface area contributed by atoms with Crippen LogP contribution in [0, 0.1) is 5.82 Å². The van der Waals surface area contributed by atoms with Crippen molar-refractivity contribution in [1.29, 1.82) is 0 Å². The van der Waals surface area contributed by atoms with Crippen LogP contribution >= 0.6 is 11.6 Å². The Kier molecular flexibility index (Phi) is 9.35. The molecule has 5 heteroatoms. The second kappa shape index (κ2) is 11.0. The zero-order valence-electron chi connectivity index (χ0n) is 14.2. The van der Waals surface area contributed by atoms with Gasteiger partial charge in [0, 0.05) is 11.1 Å². The summed E-state index contributed by atoms with van der Waals surface area (Å²) in [5.41, 5.74) is 7.58. The summed E-state index contributed by atoms with van der Waals surface area (Å²) in [6.07, 6.45) is 7.92. The van der Waals surface area contributed by atoms with Crippen LogP contribution in [0.15, 0.2) is 42.0 Å². The Bertz CT molecular complexity index is 599. The van der Waals surface area contributed by atoms with Gasteiger partial charge in [-0.2, -0.15) is 0 Å². The SMILES string of the molecule is CCC=C(C=CCc1cc(Cl)ccc1F)CC(N)CC(=O)OCC. The van der Waals surface area contributed by atoms with Crippen LogP contribution in [0.3, 0.4) is 0 Å². The number of carbonyl (C=O) groups excluding carboxylic acids is 1. The van der Waals surface area contributed by atoms with Crippen molar-refractivity contribution < 1.29 is 13.9 Å². The van der Waals surface area contributed by atoms with Gasteiger partial charge in [0.15, 0.2) is 0 Å². The van der Waals surface area contributed by atoms with E-state index in [0.29, 0.717) is 30.0 Å². The predicted octanol–water partition coefficient (Wildman–Crippen LogP) is 4.58. The molecule has 0 spiro atoms. The van der Waals surface area contributed by atoms with E-state index < -0.39 is 0 Å². The summed E-state index contributed by atoms with van der Waals surface area (Å²) in [4.78, 5) is 11.5. The smallest absolute Gasteiger partial charge is 0.307 e. The maximum atomic E-state index is 13.7. The number of benzene rings is 1. The molecule has 0 fully saturated rings. The Morgan fingerprint density at radius 1 is 1.38 bits per heavy atom. The molecule has 1 atom stereocenters. The van der Waals surface area contributed by atoms with Crippen molar-refractivity contribution in [2.24, 2.45) is 5.73 Å². The van der Waals surface area contributed by atoms with Gasteiger partial charge in [-0.15, -0.1) is 0 Å². The van der Waals surface area contributed by atoms with Crippen LogP contribution in [0.4, 0.5) is 4.39 Å². The Morgan fingerprint density at radius 2 is 2.12 bits per heavy atom. The minimum atomic E-state index is -0.297. The molecule has 2 N–H and O–H groups in total. The lowest BCUT2D eigenvalue weighted by atomic mass is 10.0. The summed E-state index contributed by atoms with van der Waals surface area (Å²) < 4.78 is 18.6. The Hall–Kier alpha value is -1.65. The molecule has 3 nitrogen and oxygen atoms in total. The predicted molar refractivity (Wildman–Crippen MR) is 96.5 cm³/mol.